The number of nitrogens with one attached hydrogen (secondary N) is 1. The molecule has 0 atom stereocenters. The molecule has 0 aromatic heterocycles. The summed E-state index contributed by atoms with van der Waals surface area (Å²) in [7, 11) is 0. The van der Waals surface area contributed by atoms with Gasteiger partial charge in [-0.1, -0.05) is 0 Å². The van der Waals surface area contributed by atoms with E-state index < -0.39 is 11.4 Å². The predicted molar refractivity (Wildman–Crippen MR) is 67.8 cm³/mol. The van der Waals surface area contributed by atoms with Crippen LogP contribution in [-0.4, -0.2) is 17.2 Å². The van der Waals surface area contributed by atoms with E-state index in [1.807, 2.05) is 0 Å². The number of carbonyl (C=O) groups is 2. The van der Waals surface area contributed by atoms with Gasteiger partial charge < -0.3 is 16.8 Å². The lowest BCUT2D eigenvalue weighted by Crippen LogP contribution is -2.45. The van der Waals surface area contributed by atoms with Gasteiger partial charge in [-0.25, -0.2) is 0 Å². The molecule has 0 spiro atoms. The van der Waals surface area contributed by atoms with Crippen molar-refractivity contribution in [3.63, 3.8) is 0 Å². The van der Waals surface area contributed by atoms with E-state index in [9.17, 15) is 9.59 Å². The van der Waals surface area contributed by atoms with Crippen molar-refractivity contribution < 1.29 is 9.59 Å². The topological polar surface area (TPSA) is 98.2 Å². The van der Waals surface area contributed by atoms with Gasteiger partial charge in [0.05, 0.1) is 0 Å². The maximum atomic E-state index is 11.3. The van der Waals surface area contributed by atoms with Crippen molar-refractivity contribution in [3.05, 3.63) is 23.8 Å². The van der Waals surface area contributed by atoms with Gasteiger partial charge in [-0.15, -0.1) is 0 Å². The van der Waals surface area contributed by atoms with Crippen molar-refractivity contribution in [1.82, 2.24) is 0 Å². The summed E-state index contributed by atoms with van der Waals surface area (Å²) in [6, 6.07) is 4.94. The minimum absolute atomic E-state index is 0.122. The van der Waals surface area contributed by atoms with E-state index in [2.05, 4.69) is 5.32 Å². The third-order valence-electron chi connectivity index (χ3n) is 2.51. The van der Waals surface area contributed by atoms with Crippen LogP contribution in [0.1, 0.15) is 31.1 Å². The van der Waals surface area contributed by atoms with Crippen molar-refractivity contribution >= 4 is 23.1 Å². The lowest BCUT2D eigenvalue weighted by Gasteiger charge is -2.24. The van der Waals surface area contributed by atoms with E-state index in [0.29, 0.717) is 16.9 Å². The normalized spacial score (nSPS) is 11.0. The van der Waals surface area contributed by atoms with Crippen LogP contribution in [0.4, 0.5) is 11.4 Å². The van der Waals surface area contributed by atoms with Crippen molar-refractivity contribution in [2.45, 2.75) is 26.3 Å². The average Bonchev–Trinajstić information content (AvgIpc) is 2.20. The van der Waals surface area contributed by atoms with Crippen molar-refractivity contribution in [2.75, 3.05) is 11.1 Å². The Kier molecular flexibility index (Phi) is 3.41. The Morgan fingerprint density at radius 2 is 1.88 bits per heavy atom. The molecule has 0 aliphatic carbocycles. The monoisotopic (exact) mass is 235 g/mol. The second kappa shape index (κ2) is 4.45. The van der Waals surface area contributed by atoms with Gasteiger partial charge in [-0.2, -0.15) is 0 Å². The fourth-order valence-corrected chi connectivity index (χ4v) is 1.36. The second-order valence-electron chi connectivity index (χ2n) is 4.47. The number of nitrogen functional groups attached to an aromatic ring is 1. The van der Waals surface area contributed by atoms with Crippen molar-refractivity contribution in [2.24, 2.45) is 5.73 Å². The summed E-state index contributed by atoms with van der Waals surface area (Å²) in [6.45, 7) is 4.77. The van der Waals surface area contributed by atoms with Crippen LogP contribution in [-0.2, 0) is 4.79 Å². The maximum Gasteiger partial charge on any atom is 0.242 e. The Hall–Kier alpha value is -2.04. The van der Waals surface area contributed by atoms with Crippen LogP contribution in [0.2, 0.25) is 0 Å². The first-order chi connectivity index (χ1) is 7.74. The molecule has 5 heteroatoms. The quantitative estimate of drug-likeness (QED) is 0.538. The molecule has 1 aromatic carbocycles. The van der Waals surface area contributed by atoms with Gasteiger partial charge in [0.15, 0.2) is 5.78 Å². The SMILES string of the molecule is CC(=O)c1cc(NC(C)(C)C(N)=O)ccc1N. The molecule has 0 saturated carbocycles. The Labute approximate surface area is 100 Å². The third kappa shape index (κ3) is 2.96. The summed E-state index contributed by atoms with van der Waals surface area (Å²) >= 11 is 0. The number of hydrogen-bond acceptors (Lipinski definition) is 4. The van der Waals surface area contributed by atoms with Crippen LogP contribution in [0.3, 0.4) is 0 Å². The molecule has 5 N–H and O–H groups in total. The molecule has 0 aliphatic heterocycles. The van der Waals surface area contributed by atoms with E-state index in [1.165, 1.54) is 6.92 Å². The Morgan fingerprint density at radius 3 is 2.35 bits per heavy atom. The number of carbonyl (C=O) groups excluding carboxylic acids is 2. The highest BCUT2D eigenvalue weighted by molar-refractivity contribution is 6.00. The van der Waals surface area contributed by atoms with E-state index in [0.717, 1.165) is 0 Å². The predicted octanol–water partition coefficient (Wildman–Crippen LogP) is 1.15. The number of Topliss-reactive ketones (excluding diaryl/α,β-unsaturated/α-hetero) is 1. The fraction of sp³-hybridized carbons (Fsp3) is 0.333. The van der Waals surface area contributed by atoms with Gasteiger partial charge in [-0.05, 0) is 39.0 Å². The summed E-state index contributed by atoms with van der Waals surface area (Å²) in [5.41, 5.74) is 11.5. The highest BCUT2D eigenvalue weighted by atomic mass is 16.1. The molecule has 0 aliphatic rings. The maximum absolute atomic E-state index is 11.3. The molecule has 1 amide bonds. The van der Waals surface area contributed by atoms with Gasteiger partial charge >= 0.3 is 0 Å². The number of anilines is 2. The molecular formula is C12H17N3O2. The van der Waals surface area contributed by atoms with Gasteiger partial charge in [0.1, 0.15) is 5.54 Å². The molecule has 0 bridgehead atoms. The van der Waals surface area contributed by atoms with Crippen molar-refractivity contribution in [3.8, 4) is 0 Å². The molecule has 92 valence electrons. The van der Waals surface area contributed by atoms with Crippen molar-refractivity contribution in [1.29, 1.82) is 0 Å². The Bertz CT molecular complexity index is 467. The van der Waals surface area contributed by atoms with Gasteiger partial charge in [0, 0.05) is 16.9 Å². The van der Waals surface area contributed by atoms with Gasteiger partial charge in [-0.3, -0.25) is 9.59 Å². The van der Waals surface area contributed by atoms with Crippen LogP contribution in [0.25, 0.3) is 0 Å². The molecule has 5 nitrogen and oxygen atoms in total. The van der Waals surface area contributed by atoms with Crippen LogP contribution < -0.4 is 16.8 Å². The second-order valence-corrected chi connectivity index (χ2v) is 4.47. The van der Waals surface area contributed by atoms with E-state index in [4.69, 9.17) is 11.5 Å². The molecule has 0 unspecified atom stereocenters. The number of primary amides is 1. The van der Waals surface area contributed by atoms with Crippen LogP contribution in [0.15, 0.2) is 18.2 Å². The zero-order chi connectivity index (χ0) is 13.2. The Balaban J connectivity index is 3.05. The Morgan fingerprint density at radius 1 is 1.29 bits per heavy atom. The lowest BCUT2D eigenvalue weighted by atomic mass is 10.0. The number of benzene rings is 1. The van der Waals surface area contributed by atoms with Crippen LogP contribution >= 0.6 is 0 Å². The lowest BCUT2D eigenvalue weighted by molar-refractivity contribution is -0.121. The first-order valence-corrected chi connectivity index (χ1v) is 5.22. The largest absolute Gasteiger partial charge is 0.398 e. The molecular weight excluding hydrogens is 218 g/mol. The van der Waals surface area contributed by atoms with E-state index in [1.54, 1.807) is 32.0 Å². The molecule has 1 rings (SSSR count). The number of amides is 1. The number of rotatable bonds is 4. The average molecular weight is 235 g/mol. The number of nitrogens with two attached hydrogens (primary N) is 2. The summed E-state index contributed by atoms with van der Waals surface area (Å²) in [4.78, 5) is 22.5. The minimum atomic E-state index is -0.885. The summed E-state index contributed by atoms with van der Waals surface area (Å²) in [5, 5.41) is 2.96. The molecule has 0 heterocycles. The zero-order valence-corrected chi connectivity index (χ0v) is 10.2. The minimum Gasteiger partial charge on any atom is -0.398 e. The van der Waals surface area contributed by atoms with E-state index in [-0.39, 0.29) is 5.78 Å². The van der Waals surface area contributed by atoms with Crippen LogP contribution in [0, 0.1) is 0 Å². The summed E-state index contributed by atoms with van der Waals surface area (Å²) in [6.07, 6.45) is 0. The van der Waals surface area contributed by atoms with E-state index >= 15 is 0 Å². The number of ketones is 1. The highest BCUT2D eigenvalue weighted by Gasteiger charge is 2.24. The standard InChI is InChI=1S/C12H17N3O2/c1-7(16)9-6-8(4-5-10(9)13)15-12(2,3)11(14)17/h4-6,15H,13H2,1-3H3,(H2,14,17). The third-order valence-corrected chi connectivity index (χ3v) is 2.51. The highest BCUT2D eigenvalue weighted by Crippen LogP contribution is 2.21. The molecule has 0 saturated heterocycles. The molecule has 0 radical (unpaired) electrons. The smallest absolute Gasteiger partial charge is 0.242 e. The van der Waals surface area contributed by atoms with Gasteiger partial charge in [0.2, 0.25) is 5.91 Å². The molecule has 0 fully saturated rings. The molecule has 1 aromatic rings. The zero-order valence-electron chi connectivity index (χ0n) is 10.2. The fourth-order valence-electron chi connectivity index (χ4n) is 1.36. The molecule has 17 heavy (non-hydrogen) atoms. The first kappa shape index (κ1) is 13.0. The first-order valence-electron chi connectivity index (χ1n) is 5.22. The summed E-state index contributed by atoms with van der Waals surface area (Å²) in [5.74, 6) is -0.596. The van der Waals surface area contributed by atoms with Gasteiger partial charge in [0.25, 0.3) is 0 Å². The summed E-state index contributed by atoms with van der Waals surface area (Å²) < 4.78 is 0. The van der Waals surface area contributed by atoms with Crippen LogP contribution in [0.5, 0.6) is 0 Å². The number of hydrogen-bond donors (Lipinski definition) is 3.